The molecule has 5 heteroatoms. The largest absolute Gasteiger partial charge is 0.466 e. The highest BCUT2D eigenvalue weighted by molar-refractivity contribution is 5.78. The third-order valence-corrected chi connectivity index (χ3v) is 1.83. The van der Waals surface area contributed by atoms with Crippen LogP contribution in [0, 0.1) is 5.82 Å². The predicted octanol–water partition coefficient (Wildman–Crippen LogP) is 2.13. The van der Waals surface area contributed by atoms with Gasteiger partial charge in [-0.2, -0.15) is 0 Å². The number of carbonyl (C=O) groups excluding carboxylic acids is 1. The molecule has 0 saturated carbocycles. The van der Waals surface area contributed by atoms with Crippen molar-refractivity contribution in [1.29, 1.82) is 0 Å². The van der Waals surface area contributed by atoms with Crippen molar-refractivity contribution < 1.29 is 18.8 Å². The summed E-state index contributed by atoms with van der Waals surface area (Å²) in [7, 11) is 0. The monoisotopic (exact) mass is 239 g/mol. The minimum Gasteiger partial charge on any atom is -0.466 e. The molecule has 0 spiro atoms. The minimum atomic E-state index is -0.333. The molecule has 0 aliphatic heterocycles. The number of hydrogen-bond donors (Lipinski definition) is 0. The Bertz CT molecular complexity index is 393. The highest BCUT2D eigenvalue weighted by atomic mass is 19.1. The molecule has 0 heterocycles. The number of ether oxygens (including phenoxy) is 1. The molecule has 0 bridgehead atoms. The van der Waals surface area contributed by atoms with Gasteiger partial charge in [0.2, 0.25) is 0 Å². The zero-order valence-electron chi connectivity index (χ0n) is 9.56. The molecule has 0 unspecified atom stereocenters. The number of rotatable bonds is 6. The van der Waals surface area contributed by atoms with E-state index in [1.54, 1.807) is 19.1 Å². The maximum Gasteiger partial charge on any atom is 0.309 e. The number of hydrogen-bond acceptors (Lipinski definition) is 4. The first-order valence-electron chi connectivity index (χ1n) is 5.29. The Balaban J connectivity index is 2.24. The number of oxime groups is 1. The second-order valence-corrected chi connectivity index (χ2v) is 3.18. The third kappa shape index (κ3) is 5.65. The summed E-state index contributed by atoms with van der Waals surface area (Å²) >= 11 is 0. The maximum atomic E-state index is 12.8. The topological polar surface area (TPSA) is 47.9 Å². The molecular formula is C12H14FNO3. The molecule has 0 fully saturated rings. The number of esters is 1. The second kappa shape index (κ2) is 7.38. The summed E-state index contributed by atoms with van der Waals surface area (Å²) in [5, 5.41) is 3.62. The average molecular weight is 239 g/mol. The Morgan fingerprint density at radius 2 is 2.35 bits per heavy atom. The Labute approximate surface area is 99.0 Å². The van der Waals surface area contributed by atoms with Gasteiger partial charge in [0.15, 0.2) is 0 Å². The summed E-state index contributed by atoms with van der Waals surface area (Å²) < 4.78 is 17.5. The molecule has 0 saturated heterocycles. The van der Waals surface area contributed by atoms with Gasteiger partial charge in [-0.15, -0.1) is 0 Å². The zero-order valence-corrected chi connectivity index (χ0v) is 9.56. The molecule has 1 aromatic rings. The van der Waals surface area contributed by atoms with Crippen LogP contribution in [0.3, 0.4) is 0 Å². The first-order valence-corrected chi connectivity index (χ1v) is 5.29. The SMILES string of the molecule is CCOC(=O)CCO/N=C/c1cccc(F)c1. The lowest BCUT2D eigenvalue weighted by Crippen LogP contribution is -2.06. The summed E-state index contributed by atoms with van der Waals surface area (Å²) in [5.41, 5.74) is 0.598. The van der Waals surface area contributed by atoms with E-state index in [0.717, 1.165) is 0 Å². The molecule has 17 heavy (non-hydrogen) atoms. The van der Waals surface area contributed by atoms with Crippen molar-refractivity contribution in [2.75, 3.05) is 13.2 Å². The van der Waals surface area contributed by atoms with Gasteiger partial charge in [-0.05, 0) is 24.6 Å². The Morgan fingerprint density at radius 1 is 1.53 bits per heavy atom. The number of halogens is 1. The van der Waals surface area contributed by atoms with Crippen LogP contribution in [0.25, 0.3) is 0 Å². The number of benzene rings is 1. The highest BCUT2D eigenvalue weighted by Gasteiger charge is 2.00. The first kappa shape index (κ1) is 13.2. The van der Waals surface area contributed by atoms with E-state index < -0.39 is 0 Å². The van der Waals surface area contributed by atoms with Crippen molar-refractivity contribution >= 4 is 12.2 Å². The molecule has 0 aliphatic rings. The van der Waals surface area contributed by atoms with Crippen LogP contribution >= 0.6 is 0 Å². The van der Waals surface area contributed by atoms with Crippen LogP contribution in [0.5, 0.6) is 0 Å². The smallest absolute Gasteiger partial charge is 0.309 e. The van der Waals surface area contributed by atoms with Gasteiger partial charge in [0, 0.05) is 0 Å². The fourth-order valence-corrected chi connectivity index (χ4v) is 1.10. The zero-order chi connectivity index (χ0) is 12.5. The summed E-state index contributed by atoms with van der Waals surface area (Å²) in [6, 6.07) is 5.95. The van der Waals surface area contributed by atoms with Crippen LogP contribution in [0.2, 0.25) is 0 Å². The van der Waals surface area contributed by atoms with E-state index in [0.29, 0.717) is 12.2 Å². The summed E-state index contributed by atoms with van der Waals surface area (Å²) in [6.45, 7) is 2.23. The fraction of sp³-hybridized carbons (Fsp3) is 0.333. The highest BCUT2D eigenvalue weighted by Crippen LogP contribution is 2.00. The van der Waals surface area contributed by atoms with Crippen LogP contribution in [-0.4, -0.2) is 25.4 Å². The van der Waals surface area contributed by atoms with Crippen LogP contribution in [0.1, 0.15) is 18.9 Å². The van der Waals surface area contributed by atoms with E-state index in [9.17, 15) is 9.18 Å². The Morgan fingerprint density at radius 3 is 3.06 bits per heavy atom. The standard InChI is InChI=1S/C12H14FNO3/c1-2-16-12(15)6-7-17-14-9-10-4-3-5-11(13)8-10/h3-5,8-9H,2,6-7H2,1H3/b14-9+. The van der Waals surface area contributed by atoms with Crippen LogP contribution in [-0.2, 0) is 14.4 Å². The van der Waals surface area contributed by atoms with E-state index >= 15 is 0 Å². The lowest BCUT2D eigenvalue weighted by atomic mass is 10.2. The van der Waals surface area contributed by atoms with Gasteiger partial charge in [0.25, 0.3) is 0 Å². The van der Waals surface area contributed by atoms with E-state index in [1.807, 2.05) is 0 Å². The Kier molecular flexibility index (Phi) is 5.71. The van der Waals surface area contributed by atoms with Crippen molar-refractivity contribution in [3.05, 3.63) is 35.6 Å². The molecular weight excluding hydrogens is 225 g/mol. The van der Waals surface area contributed by atoms with Gasteiger partial charge in [0.1, 0.15) is 12.4 Å². The van der Waals surface area contributed by atoms with Crippen LogP contribution < -0.4 is 0 Å². The molecule has 0 aliphatic carbocycles. The van der Waals surface area contributed by atoms with Crippen molar-refractivity contribution in [3.8, 4) is 0 Å². The summed E-state index contributed by atoms with van der Waals surface area (Å²) in [5.74, 6) is -0.658. The lowest BCUT2D eigenvalue weighted by molar-refractivity contribution is -0.144. The van der Waals surface area contributed by atoms with Crippen molar-refractivity contribution in [2.45, 2.75) is 13.3 Å². The molecule has 0 radical (unpaired) electrons. The average Bonchev–Trinajstić information content (AvgIpc) is 2.29. The number of nitrogens with zero attached hydrogens (tertiary/aromatic N) is 1. The van der Waals surface area contributed by atoms with Crippen molar-refractivity contribution in [2.24, 2.45) is 5.16 Å². The lowest BCUT2D eigenvalue weighted by Gasteiger charge is -2.00. The molecule has 1 aromatic carbocycles. The molecule has 1 rings (SSSR count). The predicted molar refractivity (Wildman–Crippen MR) is 61.2 cm³/mol. The summed E-state index contributed by atoms with van der Waals surface area (Å²) in [4.78, 5) is 15.8. The van der Waals surface area contributed by atoms with Crippen molar-refractivity contribution in [3.63, 3.8) is 0 Å². The maximum absolute atomic E-state index is 12.8. The van der Waals surface area contributed by atoms with E-state index in [-0.39, 0.29) is 24.8 Å². The fourth-order valence-electron chi connectivity index (χ4n) is 1.10. The minimum absolute atomic E-state index is 0.144. The van der Waals surface area contributed by atoms with E-state index in [1.165, 1.54) is 18.3 Å². The first-order chi connectivity index (χ1) is 8.22. The molecule has 0 amide bonds. The van der Waals surface area contributed by atoms with Crippen molar-refractivity contribution in [1.82, 2.24) is 0 Å². The van der Waals surface area contributed by atoms with Gasteiger partial charge in [0.05, 0.1) is 19.2 Å². The third-order valence-electron chi connectivity index (χ3n) is 1.83. The van der Waals surface area contributed by atoms with Gasteiger partial charge in [-0.1, -0.05) is 17.3 Å². The Hall–Kier alpha value is -1.91. The van der Waals surface area contributed by atoms with Crippen LogP contribution in [0.15, 0.2) is 29.4 Å². The van der Waals surface area contributed by atoms with E-state index in [4.69, 9.17) is 9.57 Å². The molecule has 92 valence electrons. The van der Waals surface area contributed by atoms with Gasteiger partial charge in [-0.3, -0.25) is 4.79 Å². The molecule has 0 N–H and O–H groups in total. The van der Waals surface area contributed by atoms with Gasteiger partial charge >= 0.3 is 5.97 Å². The van der Waals surface area contributed by atoms with Gasteiger partial charge in [-0.25, -0.2) is 4.39 Å². The van der Waals surface area contributed by atoms with E-state index in [2.05, 4.69) is 5.16 Å². The molecule has 4 nitrogen and oxygen atoms in total. The molecule has 0 atom stereocenters. The van der Waals surface area contributed by atoms with Crippen LogP contribution in [0.4, 0.5) is 4.39 Å². The quantitative estimate of drug-likeness (QED) is 0.330. The van der Waals surface area contributed by atoms with Gasteiger partial charge < -0.3 is 9.57 Å². The second-order valence-electron chi connectivity index (χ2n) is 3.18. The number of carbonyl (C=O) groups is 1. The normalized spacial score (nSPS) is 10.5. The summed E-state index contributed by atoms with van der Waals surface area (Å²) in [6.07, 6.45) is 1.53. The molecule has 0 aromatic heterocycles.